The summed E-state index contributed by atoms with van der Waals surface area (Å²) in [7, 11) is 0. The molecule has 0 saturated carbocycles. The fourth-order valence-electron chi connectivity index (χ4n) is 2.86. The van der Waals surface area contributed by atoms with Gasteiger partial charge in [0.25, 0.3) is 0 Å². The minimum atomic E-state index is -0.716. The third-order valence-corrected chi connectivity index (χ3v) is 4.84. The van der Waals surface area contributed by atoms with E-state index in [1.54, 1.807) is 36.4 Å². The van der Waals surface area contributed by atoms with Gasteiger partial charge in [0, 0.05) is 21.4 Å². The maximum atomic E-state index is 12.9. The van der Waals surface area contributed by atoms with Gasteiger partial charge in [-0.3, -0.25) is 4.79 Å². The van der Waals surface area contributed by atoms with Gasteiger partial charge in [-0.1, -0.05) is 48.0 Å². The van der Waals surface area contributed by atoms with E-state index in [0.29, 0.717) is 21.4 Å². The second-order valence-electron chi connectivity index (χ2n) is 6.09. The number of rotatable bonds is 3. The van der Waals surface area contributed by atoms with E-state index >= 15 is 0 Å². The molecule has 1 aliphatic heterocycles. The second kappa shape index (κ2) is 7.40. The molecule has 1 aliphatic rings. The number of carbonyl (C=O) groups is 2. The van der Waals surface area contributed by atoms with E-state index in [1.807, 2.05) is 13.0 Å². The summed E-state index contributed by atoms with van der Waals surface area (Å²) in [6.45, 7) is 5.73. The molecule has 5 nitrogen and oxygen atoms in total. The van der Waals surface area contributed by atoms with Crippen molar-refractivity contribution in [2.24, 2.45) is 5.92 Å². The van der Waals surface area contributed by atoms with Crippen LogP contribution in [0.2, 0.25) is 10.0 Å². The van der Waals surface area contributed by atoms with Crippen molar-refractivity contribution in [2.45, 2.75) is 13.0 Å². The van der Waals surface area contributed by atoms with Crippen LogP contribution in [0.5, 0.6) is 0 Å². The van der Waals surface area contributed by atoms with Gasteiger partial charge in [0.2, 0.25) is 5.91 Å². The van der Waals surface area contributed by atoms with Gasteiger partial charge >= 0.3 is 6.03 Å². The van der Waals surface area contributed by atoms with Crippen molar-refractivity contribution < 1.29 is 9.59 Å². The predicted molar refractivity (Wildman–Crippen MR) is 103 cm³/mol. The molecule has 3 N–H and O–H groups in total. The van der Waals surface area contributed by atoms with Crippen LogP contribution in [-0.2, 0) is 4.79 Å². The molecule has 7 heteroatoms. The number of hydrogen-bond acceptors (Lipinski definition) is 2. The van der Waals surface area contributed by atoms with Crippen molar-refractivity contribution in [2.75, 3.05) is 5.32 Å². The van der Waals surface area contributed by atoms with Crippen LogP contribution in [0.4, 0.5) is 10.5 Å². The van der Waals surface area contributed by atoms with E-state index in [0.717, 1.165) is 11.1 Å². The summed E-state index contributed by atoms with van der Waals surface area (Å²) >= 11 is 12.2. The van der Waals surface area contributed by atoms with E-state index in [-0.39, 0.29) is 5.91 Å². The standard InChI is InChI=1S/C19H17Cl2N3O2/c1-10-6-7-14(9-15(10)21)23-18(25)16-11(2)22-19(26)24-17(16)12-4-3-5-13(20)8-12/h3-9,16-17H,2H2,1H3,(H,23,25)(H2,22,24,26)/t16-,17+/m0/s1. The van der Waals surface area contributed by atoms with Gasteiger partial charge in [0.15, 0.2) is 0 Å². The maximum Gasteiger partial charge on any atom is 0.319 e. The Balaban J connectivity index is 1.90. The highest BCUT2D eigenvalue weighted by molar-refractivity contribution is 6.31. The molecule has 2 aromatic rings. The molecule has 0 unspecified atom stereocenters. The van der Waals surface area contributed by atoms with Crippen molar-refractivity contribution in [3.63, 3.8) is 0 Å². The molecule has 1 saturated heterocycles. The monoisotopic (exact) mass is 389 g/mol. The first kappa shape index (κ1) is 18.3. The molecule has 134 valence electrons. The van der Waals surface area contributed by atoms with Crippen molar-refractivity contribution in [3.8, 4) is 0 Å². The van der Waals surface area contributed by atoms with Gasteiger partial charge in [-0.2, -0.15) is 0 Å². The number of urea groups is 1. The summed E-state index contributed by atoms with van der Waals surface area (Å²) < 4.78 is 0. The zero-order valence-electron chi connectivity index (χ0n) is 14.0. The van der Waals surface area contributed by atoms with Crippen molar-refractivity contribution in [3.05, 3.63) is 75.9 Å². The van der Waals surface area contributed by atoms with Crippen LogP contribution >= 0.6 is 23.2 Å². The first-order chi connectivity index (χ1) is 12.3. The summed E-state index contributed by atoms with van der Waals surface area (Å²) in [4.78, 5) is 24.8. The number of nitrogens with one attached hydrogen (secondary N) is 3. The maximum absolute atomic E-state index is 12.9. The Kier molecular flexibility index (Phi) is 5.20. The SMILES string of the molecule is C=C1NC(=O)N[C@H](c2cccc(Cl)c2)[C@H]1C(=O)Nc1ccc(C)c(Cl)c1. The van der Waals surface area contributed by atoms with E-state index in [2.05, 4.69) is 22.5 Å². The average Bonchev–Trinajstić information content (AvgIpc) is 2.57. The van der Waals surface area contributed by atoms with E-state index in [9.17, 15) is 9.59 Å². The normalized spacial score (nSPS) is 19.5. The number of hydrogen-bond donors (Lipinski definition) is 3. The molecule has 1 fully saturated rings. The molecule has 1 heterocycles. The lowest BCUT2D eigenvalue weighted by Crippen LogP contribution is -2.51. The molecule has 3 amide bonds. The van der Waals surface area contributed by atoms with Crippen LogP contribution in [0.25, 0.3) is 0 Å². The van der Waals surface area contributed by atoms with Gasteiger partial charge in [0.05, 0.1) is 6.04 Å². The molecule has 0 radical (unpaired) electrons. The van der Waals surface area contributed by atoms with Crippen LogP contribution in [0.3, 0.4) is 0 Å². The number of aryl methyl sites for hydroxylation is 1. The van der Waals surface area contributed by atoms with Crippen LogP contribution in [0.15, 0.2) is 54.7 Å². The number of halogens is 2. The summed E-state index contributed by atoms with van der Waals surface area (Å²) in [6, 6.07) is 11.3. The Hall–Kier alpha value is -2.50. The summed E-state index contributed by atoms with van der Waals surface area (Å²) in [6.07, 6.45) is 0. The average molecular weight is 390 g/mol. The predicted octanol–water partition coefficient (Wildman–Crippen LogP) is 4.42. The van der Waals surface area contributed by atoms with Crippen molar-refractivity contribution in [1.82, 2.24) is 10.6 Å². The number of benzene rings is 2. The fraction of sp³-hybridized carbons (Fsp3) is 0.158. The number of amides is 3. The van der Waals surface area contributed by atoms with E-state index < -0.39 is 18.0 Å². The third kappa shape index (κ3) is 3.84. The molecule has 3 rings (SSSR count). The Bertz CT molecular complexity index is 898. The van der Waals surface area contributed by atoms with Crippen LogP contribution in [0, 0.1) is 12.8 Å². The van der Waals surface area contributed by atoms with Gasteiger partial charge < -0.3 is 16.0 Å². The number of carbonyl (C=O) groups excluding carboxylic acids is 2. The van der Waals surface area contributed by atoms with Crippen LogP contribution in [0.1, 0.15) is 17.2 Å². The number of anilines is 1. The zero-order valence-corrected chi connectivity index (χ0v) is 15.5. The highest BCUT2D eigenvalue weighted by Gasteiger charge is 2.37. The fourth-order valence-corrected chi connectivity index (χ4v) is 3.24. The van der Waals surface area contributed by atoms with E-state index in [4.69, 9.17) is 23.2 Å². The Morgan fingerprint density at radius 1 is 1.19 bits per heavy atom. The largest absolute Gasteiger partial charge is 0.330 e. The molecule has 2 atom stereocenters. The quantitative estimate of drug-likeness (QED) is 0.726. The van der Waals surface area contributed by atoms with Crippen LogP contribution < -0.4 is 16.0 Å². The smallest absolute Gasteiger partial charge is 0.319 e. The lowest BCUT2D eigenvalue weighted by Gasteiger charge is -2.34. The molecule has 0 aliphatic carbocycles. The molecule has 0 spiro atoms. The molecular weight excluding hydrogens is 373 g/mol. The molecule has 2 aromatic carbocycles. The van der Waals surface area contributed by atoms with Crippen molar-refractivity contribution in [1.29, 1.82) is 0 Å². The molecule has 0 aromatic heterocycles. The molecular formula is C19H17Cl2N3O2. The first-order valence-corrected chi connectivity index (χ1v) is 8.69. The highest BCUT2D eigenvalue weighted by Crippen LogP contribution is 2.32. The van der Waals surface area contributed by atoms with Gasteiger partial charge in [-0.15, -0.1) is 0 Å². The minimum Gasteiger partial charge on any atom is -0.330 e. The third-order valence-electron chi connectivity index (χ3n) is 4.20. The van der Waals surface area contributed by atoms with Gasteiger partial charge in [-0.25, -0.2) is 4.79 Å². The second-order valence-corrected chi connectivity index (χ2v) is 6.93. The van der Waals surface area contributed by atoms with Crippen LogP contribution in [-0.4, -0.2) is 11.9 Å². The Morgan fingerprint density at radius 3 is 2.65 bits per heavy atom. The lowest BCUT2D eigenvalue weighted by molar-refractivity contribution is -0.119. The van der Waals surface area contributed by atoms with Gasteiger partial charge in [-0.05, 0) is 42.3 Å². The lowest BCUT2D eigenvalue weighted by atomic mass is 9.88. The Morgan fingerprint density at radius 2 is 1.96 bits per heavy atom. The summed E-state index contributed by atoms with van der Waals surface area (Å²) in [5.41, 5.74) is 2.52. The van der Waals surface area contributed by atoms with Crippen molar-refractivity contribution >= 4 is 40.8 Å². The zero-order chi connectivity index (χ0) is 18.8. The summed E-state index contributed by atoms with van der Waals surface area (Å²) in [5.74, 6) is -1.03. The summed E-state index contributed by atoms with van der Waals surface area (Å²) in [5, 5.41) is 9.25. The molecule has 0 bridgehead atoms. The highest BCUT2D eigenvalue weighted by atomic mass is 35.5. The minimum absolute atomic E-state index is 0.313. The van der Waals surface area contributed by atoms with Gasteiger partial charge in [0.1, 0.15) is 5.92 Å². The molecule has 26 heavy (non-hydrogen) atoms. The van der Waals surface area contributed by atoms with E-state index in [1.165, 1.54) is 0 Å². The topological polar surface area (TPSA) is 70.2 Å². The first-order valence-electron chi connectivity index (χ1n) is 7.94. The Labute approximate surface area is 161 Å².